The van der Waals surface area contributed by atoms with E-state index in [2.05, 4.69) is 5.32 Å². The van der Waals surface area contributed by atoms with Gasteiger partial charge in [0.1, 0.15) is 5.82 Å². The summed E-state index contributed by atoms with van der Waals surface area (Å²) in [6, 6.07) is 4.39. The van der Waals surface area contributed by atoms with Crippen LogP contribution in [0.4, 0.5) is 4.39 Å². The maximum Gasteiger partial charge on any atom is 0.310 e. The van der Waals surface area contributed by atoms with Crippen molar-refractivity contribution in [1.82, 2.24) is 5.32 Å². The van der Waals surface area contributed by atoms with Crippen LogP contribution in [-0.2, 0) is 9.53 Å². The summed E-state index contributed by atoms with van der Waals surface area (Å²) in [6.07, 6.45) is 0. The molecule has 1 heterocycles. The quantitative estimate of drug-likeness (QED) is 0.823. The maximum absolute atomic E-state index is 13.7. The highest BCUT2D eigenvalue weighted by Gasteiger charge is 2.36. The van der Waals surface area contributed by atoms with Crippen molar-refractivity contribution >= 4 is 17.6 Å². The monoisotopic (exact) mass is 257 g/mol. The molecule has 0 bridgehead atoms. The number of hydrogen-bond acceptors (Lipinski definition) is 3. The highest BCUT2D eigenvalue weighted by Crippen LogP contribution is 2.32. The third-order valence-electron chi connectivity index (χ3n) is 3.08. The van der Waals surface area contributed by atoms with E-state index in [9.17, 15) is 9.18 Å². The van der Waals surface area contributed by atoms with E-state index in [4.69, 9.17) is 16.3 Å². The second-order valence-corrected chi connectivity index (χ2v) is 4.50. The normalized spacial score (nSPS) is 23.7. The summed E-state index contributed by atoms with van der Waals surface area (Å²) in [7, 11) is 1.34. The third-order valence-corrected chi connectivity index (χ3v) is 3.31. The van der Waals surface area contributed by atoms with E-state index in [1.807, 2.05) is 0 Å². The number of carbonyl (C=O) groups excluding carboxylic acids is 1. The molecular weight excluding hydrogens is 245 g/mol. The summed E-state index contributed by atoms with van der Waals surface area (Å²) < 4.78 is 18.4. The Morgan fingerprint density at radius 3 is 3.00 bits per heavy atom. The minimum absolute atomic E-state index is 0.221. The van der Waals surface area contributed by atoms with Crippen LogP contribution in [0.3, 0.4) is 0 Å². The number of ether oxygens (including phenoxy) is 1. The molecule has 0 amide bonds. The van der Waals surface area contributed by atoms with Gasteiger partial charge in [-0.25, -0.2) is 4.39 Å². The lowest BCUT2D eigenvalue weighted by Crippen LogP contribution is -2.23. The molecule has 1 aliphatic heterocycles. The van der Waals surface area contributed by atoms with Crippen molar-refractivity contribution in [3.8, 4) is 0 Å². The molecule has 2 atom stereocenters. The maximum atomic E-state index is 13.7. The smallest absolute Gasteiger partial charge is 0.310 e. The molecule has 0 spiro atoms. The van der Waals surface area contributed by atoms with Crippen molar-refractivity contribution in [3.63, 3.8) is 0 Å². The number of nitrogens with one attached hydrogen (secondary N) is 1. The van der Waals surface area contributed by atoms with E-state index >= 15 is 0 Å². The molecule has 0 saturated carbocycles. The zero-order valence-corrected chi connectivity index (χ0v) is 10.1. The van der Waals surface area contributed by atoms with E-state index in [1.54, 1.807) is 6.07 Å². The van der Waals surface area contributed by atoms with Crippen LogP contribution in [0.15, 0.2) is 18.2 Å². The molecule has 0 aliphatic carbocycles. The fourth-order valence-corrected chi connectivity index (χ4v) is 2.38. The van der Waals surface area contributed by atoms with Gasteiger partial charge in [-0.05, 0) is 23.8 Å². The molecule has 1 aromatic rings. The second-order valence-electron chi connectivity index (χ2n) is 4.06. The molecule has 1 aliphatic rings. The first-order valence-corrected chi connectivity index (χ1v) is 5.74. The average molecular weight is 258 g/mol. The molecule has 1 saturated heterocycles. The first-order valence-electron chi connectivity index (χ1n) is 5.37. The summed E-state index contributed by atoms with van der Waals surface area (Å²) >= 11 is 5.85. The van der Waals surface area contributed by atoms with Gasteiger partial charge in [-0.1, -0.05) is 11.6 Å². The zero-order chi connectivity index (χ0) is 12.4. The number of rotatable bonds is 2. The Morgan fingerprint density at radius 2 is 2.29 bits per heavy atom. The molecule has 17 heavy (non-hydrogen) atoms. The lowest BCUT2D eigenvalue weighted by molar-refractivity contribution is -0.145. The topological polar surface area (TPSA) is 38.3 Å². The van der Waals surface area contributed by atoms with Crippen LogP contribution in [0.25, 0.3) is 0 Å². The van der Waals surface area contributed by atoms with Gasteiger partial charge in [0.15, 0.2) is 0 Å². The first kappa shape index (κ1) is 12.3. The molecule has 2 unspecified atom stereocenters. The molecule has 3 nitrogen and oxygen atoms in total. The van der Waals surface area contributed by atoms with Gasteiger partial charge in [-0.15, -0.1) is 0 Å². The van der Waals surface area contributed by atoms with E-state index in [1.165, 1.54) is 19.2 Å². The molecule has 2 rings (SSSR count). The largest absolute Gasteiger partial charge is 0.469 e. The van der Waals surface area contributed by atoms with E-state index in [-0.39, 0.29) is 23.6 Å². The summed E-state index contributed by atoms with van der Waals surface area (Å²) in [5, 5.41) is 3.54. The number of methoxy groups -OCH3 is 1. The Hall–Kier alpha value is -1.13. The molecule has 0 radical (unpaired) electrons. The summed E-state index contributed by atoms with van der Waals surface area (Å²) in [4.78, 5) is 11.6. The highest BCUT2D eigenvalue weighted by molar-refractivity contribution is 6.30. The Bertz CT molecular complexity index is 439. The lowest BCUT2D eigenvalue weighted by atomic mass is 9.88. The number of halogens is 2. The van der Waals surface area contributed by atoms with Crippen LogP contribution in [0.2, 0.25) is 5.02 Å². The van der Waals surface area contributed by atoms with Gasteiger partial charge >= 0.3 is 5.97 Å². The molecular formula is C12H13ClFNO2. The van der Waals surface area contributed by atoms with Crippen LogP contribution in [0.5, 0.6) is 0 Å². The number of esters is 1. The van der Waals surface area contributed by atoms with Crippen LogP contribution < -0.4 is 5.32 Å². The van der Waals surface area contributed by atoms with Crippen molar-refractivity contribution in [3.05, 3.63) is 34.6 Å². The minimum Gasteiger partial charge on any atom is -0.469 e. The molecule has 5 heteroatoms. The summed E-state index contributed by atoms with van der Waals surface area (Å²) in [6.45, 7) is 1.06. The Kier molecular flexibility index (Phi) is 3.64. The second kappa shape index (κ2) is 5.02. The van der Waals surface area contributed by atoms with Crippen LogP contribution in [0, 0.1) is 11.7 Å². The molecule has 1 N–H and O–H groups in total. The highest BCUT2D eigenvalue weighted by atomic mass is 35.5. The third kappa shape index (κ3) is 2.42. The van der Waals surface area contributed by atoms with Gasteiger partial charge in [-0.3, -0.25) is 4.79 Å². The van der Waals surface area contributed by atoms with Crippen molar-refractivity contribution in [2.75, 3.05) is 20.2 Å². The zero-order valence-electron chi connectivity index (χ0n) is 9.37. The standard InChI is InChI=1S/C12H13ClFNO2/c1-17-12(16)10-6-15-5-9(10)8-4-7(13)2-3-11(8)14/h2-4,9-10,15H,5-6H2,1H3. The van der Waals surface area contributed by atoms with Crippen LogP contribution in [0.1, 0.15) is 11.5 Å². The minimum atomic E-state index is -0.354. The number of benzene rings is 1. The SMILES string of the molecule is COC(=O)C1CNCC1c1cc(Cl)ccc1F. The molecule has 0 aromatic heterocycles. The molecule has 1 aromatic carbocycles. The fourth-order valence-electron chi connectivity index (χ4n) is 2.20. The first-order chi connectivity index (χ1) is 8.13. The van der Waals surface area contributed by atoms with Crippen molar-refractivity contribution in [1.29, 1.82) is 0 Å². The van der Waals surface area contributed by atoms with Crippen molar-refractivity contribution in [2.45, 2.75) is 5.92 Å². The predicted molar refractivity (Wildman–Crippen MR) is 62.5 cm³/mol. The Labute approximate surface area is 104 Å². The summed E-state index contributed by atoms with van der Waals surface area (Å²) in [5.41, 5.74) is 0.470. The van der Waals surface area contributed by atoms with Gasteiger partial charge in [0.2, 0.25) is 0 Å². The molecule has 1 fully saturated rings. The molecule has 92 valence electrons. The lowest BCUT2D eigenvalue weighted by Gasteiger charge is -2.17. The van der Waals surface area contributed by atoms with Gasteiger partial charge in [0, 0.05) is 24.0 Å². The number of hydrogen-bond donors (Lipinski definition) is 1. The van der Waals surface area contributed by atoms with E-state index in [0.717, 1.165) is 0 Å². The Morgan fingerprint density at radius 1 is 1.53 bits per heavy atom. The fraction of sp³-hybridized carbons (Fsp3) is 0.417. The van der Waals surface area contributed by atoms with Crippen molar-refractivity contribution < 1.29 is 13.9 Å². The van der Waals surface area contributed by atoms with Crippen LogP contribution >= 0.6 is 11.6 Å². The Balaban J connectivity index is 2.32. The van der Waals surface area contributed by atoms with Gasteiger partial charge < -0.3 is 10.1 Å². The van der Waals surface area contributed by atoms with Crippen molar-refractivity contribution in [2.24, 2.45) is 5.92 Å². The summed E-state index contributed by atoms with van der Waals surface area (Å²) in [5.74, 6) is -1.23. The van der Waals surface area contributed by atoms with Crippen LogP contribution in [-0.4, -0.2) is 26.2 Å². The van der Waals surface area contributed by atoms with Gasteiger partial charge in [0.25, 0.3) is 0 Å². The van der Waals surface area contributed by atoms with E-state index < -0.39 is 0 Å². The predicted octanol–water partition coefficient (Wildman–Crippen LogP) is 1.96. The average Bonchev–Trinajstić information content (AvgIpc) is 2.80. The van der Waals surface area contributed by atoms with Gasteiger partial charge in [-0.2, -0.15) is 0 Å². The number of carbonyl (C=O) groups is 1. The van der Waals surface area contributed by atoms with Gasteiger partial charge in [0.05, 0.1) is 13.0 Å². The van der Waals surface area contributed by atoms with E-state index in [0.29, 0.717) is 23.7 Å².